The number of hydrogen-bond donors (Lipinski definition) is 2. The first-order valence-electron chi connectivity index (χ1n) is 9.48. The first kappa shape index (κ1) is 20.4. The lowest BCUT2D eigenvalue weighted by Crippen LogP contribution is -2.28. The Hall–Kier alpha value is -3.37. The minimum absolute atomic E-state index is 0.470. The van der Waals surface area contributed by atoms with E-state index in [1.807, 2.05) is 46.0 Å². The van der Waals surface area contributed by atoms with Crippen molar-refractivity contribution in [3.05, 3.63) is 53.1 Å². The number of H-pyrrole nitrogens is 2. The number of methoxy groups -OCH3 is 2. The summed E-state index contributed by atoms with van der Waals surface area (Å²) in [5.41, 5.74) is 3.75. The zero-order valence-corrected chi connectivity index (χ0v) is 17.5. The highest BCUT2D eigenvalue weighted by molar-refractivity contribution is 5.89. The van der Waals surface area contributed by atoms with Gasteiger partial charge in [0.25, 0.3) is 0 Å². The van der Waals surface area contributed by atoms with Crippen molar-refractivity contribution in [1.29, 1.82) is 5.26 Å². The van der Waals surface area contributed by atoms with Crippen molar-refractivity contribution in [3.63, 3.8) is 0 Å². The van der Waals surface area contributed by atoms with E-state index < -0.39 is 5.60 Å². The zero-order valence-electron chi connectivity index (χ0n) is 17.5. The topological polar surface area (TPSA) is 99.6 Å². The van der Waals surface area contributed by atoms with Crippen LogP contribution in [0.25, 0.3) is 22.1 Å². The number of nitrogens with zero attached hydrogens (tertiary/aromatic N) is 3. The van der Waals surface area contributed by atoms with Crippen molar-refractivity contribution >= 4 is 22.1 Å². The standard InChI is InChI=1S/C20H19N5O2.C2H6/c1-11-7-15(26-3)16(13-5-6-22-17(11)13)20(2,27-4)19-24-14-8-12(9-21)10-23-18(14)25-19;1-2/h5-8,10,22H,1-4H3,(H,23,24,25);1-2H3. The molecule has 29 heavy (non-hydrogen) atoms. The first-order valence-corrected chi connectivity index (χ1v) is 9.48. The van der Waals surface area contributed by atoms with Gasteiger partial charge in [0, 0.05) is 36.0 Å². The molecular formula is C22H25N5O2. The van der Waals surface area contributed by atoms with Gasteiger partial charge < -0.3 is 19.4 Å². The number of hydrogen-bond acceptors (Lipinski definition) is 5. The highest BCUT2D eigenvalue weighted by Crippen LogP contribution is 2.42. The molecule has 7 nitrogen and oxygen atoms in total. The Bertz CT molecular complexity index is 1200. The van der Waals surface area contributed by atoms with E-state index in [4.69, 9.17) is 14.7 Å². The smallest absolute Gasteiger partial charge is 0.177 e. The summed E-state index contributed by atoms with van der Waals surface area (Å²) in [6.07, 6.45) is 3.41. The fourth-order valence-corrected chi connectivity index (χ4v) is 3.54. The second-order valence-electron chi connectivity index (χ2n) is 6.57. The van der Waals surface area contributed by atoms with E-state index in [-0.39, 0.29) is 0 Å². The maximum atomic E-state index is 9.11. The van der Waals surface area contributed by atoms with Crippen LogP contribution >= 0.6 is 0 Å². The average Bonchev–Trinajstić information content (AvgIpc) is 3.41. The van der Waals surface area contributed by atoms with E-state index in [2.05, 4.69) is 26.0 Å². The fraction of sp³-hybridized carbons (Fsp3) is 0.318. The molecule has 3 aromatic heterocycles. The van der Waals surface area contributed by atoms with Crippen LogP contribution in [0.15, 0.2) is 30.6 Å². The van der Waals surface area contributed by atoms with Crippen molar-refractivity contribution in [2.75, 3.05) is 14.2 Å². The van der Waals surface area contributed by atoms with Gasteiger partial charge in [-0.05, 0) is 37.6 Å². The Morgan fingerprint density at radius 1 is 1.21 bits per heavy atom. The van der Waals surface area contributed by atoms with E-state index in [9.17, 15) is 0 Å². The molecule has 2 N–H and O–H groups in total. The molecule has 150 valence electrons. The molecule has 0 fully saturated rings. The zero-order chi connectivity index (χ0) is 21.2. The summed E-state index contributed by atoms with van der Waals surface area (Å²) >= 11 is 0. The van der Waals surface area contributed by atoms with Gasteiger partial charge in [-0.15, -0.1) is 0 Å². The Morgan fingerprint density at radius 2 is 1.97 bits per heavy atom. The van der Waals surface area contributed by atoms with Gasteiger partial charge in [-0.1, -0.05) is 13.8 Å². The summed E-state index contributed by atoms with van der Waals surface area (Å²) in [5.74, 6) is 1.31. The summed E-state index contributed by atoms with van der Waals surface area (Å²) in [6.45, 7) is 7.97. The van der Waals surface area contributed by atoms with Crippen LogP contribution in [-0.4, -0.2) is 34.2 Å². The molecule has 4 rings (SSSR count). The summed E-state index contributed by atoms with van der Waals surface area (Å²) in [6, 6.07) is 7.81. The van der Waals surface area contributed by atoms with Gasteiger partial charge in [-0.3, -0.25) is 0 Å². The number of fused-ring (bicyclic) bond motifs is 2. The Labute approximate surface area is 169 Å². The van der Waals surface area contributed by atoms with Crippen molar-refractivity contribution in [2.45, 2.75) is 33.3 Å². The number of ether oxygens (including phenoxy) is 2. The number of aryl methyl sites for hydroxylation is 1. The molecule has 7 heteroatoms. The van der Waals surface area contributed by atoms with Gasteiger partial charge in [-0.2, -0.15) is 5.26 Å². The largest absolute Gasteiger partial charge is 0.496 e. The molecule has 1 unspecified atom stereocenters. The van der Waals surface area contributed by atoms with E-state index >= 15 is 0 Å². The van der Waals surface area contributed by atoms with Gasteiger partial charge in [0.1, 0.15) is 17.6 Å². The van der Waals surface area contributed by atoms with E-state index in [0.29, 0.717) is 22.6 Å². The third-order valence-electron chi connectivity index (χ3n) is 5.03. The number of imidazole rings is 1. The van der Waals surface area contributed by atoms with Crippen LogP contribution in [0.3, 0.4) is 0 Å². The third-order valence-corrected chi connectivity index (χ3v) is 5.03. The minimum atomic E-state index is -0.910. The normalized spacial score (nSPS) is 12.9. The number of pyridine rings is 1. The molecule has 4 aromatic rings. The van der Waals surface area contributed by atoms with Crippen LogP contribution in [0.2, 0.25) is 0 Å². The van der Waals surface area contributed by atoms with Crippen LogP contribution in [0.1, 0.15) is 43.3 Å². The maximum absolute atomic E-state index is 9.11. The van der Waals surface area contributed by atoms with Crippen LogP contribution < -0.4 is 4.74 Å². The summed E-state index contributed by atoms with van der Waals surface area (Å²) < 4.78 is 11.7. The monoisotopic (exact) mass is 391 g/mol. The van der Waals surface area contributed by atoms with Gasteiger partial charge in [-0.25, -0.2) is 9.97 Å². The lowest BCUT2D eigenvalue weighted by molar-refractivity contribution is 0.0316. The lowest BCUT2D eigenvalue weighted by Gasteiger charge is -2.29. The second kappa shape index (κ2) is 7.94. The van der Waals surface area contributed by atoms with Gasteiger partial charge in [0.15, 0.2) is 11.2 Å². The highest BCUT2D eigenvalue weighted by Gasteiger charge is 2.37. The number of aromatic amines is 2. The Kier molecular flexibility index (Phi) is 5.57. The molecular weight excluding hydrogens is 366 g/mol. The van der Waals surface area contributed by atoms with Crippen molar-refractivity contribution < 1.29 is 9.47 Å². The molecule has 3 heterocycles. The van der Waals surface area contributed by atoms with E-state index in [1.54, 1.807) is 20.3 Å². The van der Waals surface area contributed by atoms with E-state index in [1.165, 1.54) is 6.20 Å². The SMILES string of the molecule is CC.COc1cc(C)c2[nH]ccc2c1C(C)(OC)c1nc2ncc(C#N)cc2[nH]1. The van der Waals surface area contributed by atoms with Gasteiger partial charge >= 0.3 is 0 Å². The maximum Gasteiger partial charge on any atom is 0.177 e. The molecule has 0 saturated carbocycles. The van der Waals surface area contributed by atoms with Crippen LogP contribution in [0.5, 0.6) is 5.75 Å². The fourth-order valence-electron chi connectivity index (χ4n) is 3.54. The minimum Gasteiger partial charge on any atom is -0.496 e. The average molecular weight is 391 g/mol. The van der Waals surface area contributed by atoms with Gasteiger partial charge in [0.2, 0.25) is 0 Å². The molecule has 1 atom stereocenters. The van der Waals surface area contributed by atoms with Crippen LogP contribution in [-0.2, 0) is 10.3 Å². The molecule has 0 aliphatic heterocycles. The molecule has 0 bridgehead atoms. The summed E-state index contributed by atoms with van der Waals surface area (Å²) in [4.78, 5) is 15.4. The van der Waals surface area contributed by atoms with Crippen molar-refractivity contribution in [3.8, 4) is 11.8 Å². The number of nitrogens with one attached hydrogen (secondary N) is 2. The molecule has 0 saturated heterocycles. The highest BCUT2D eigenvalue weighted by atomic mass is 16.5. The number of nitriles is 1. The third kappa shape index (κ3) is 3.22. The second-order valence-corrected chi connectivity index (χ2v) is 6.57. The molecule has 0 aliphatic carbocycles. The van der Waals surface area contributed by atoms with Crippen LogP contribution in [0, 0.1) is 18.3 Å². The molecule has 0 amide bonds. The van der Waals surface area contributed by atoms with Crippen LogP contribution in [0.4, 0.5) is 0 Å². The first-order chi connectivity index (χ1) is 14.0. The number of aromatic nitrogens is 4. The number of benzene rings is 1. The molecule has 1 aromatic carbocycles. The summed E-state index contributed by atoms with van der Waals surface area (Å²) in [5, 5.41) is 10.1. The van der Waals surface area contributed by atoms with Crippen molar-refractivity contribution in [1.82, 2.24) is 19.9 Å². The molecule has 0 radical (unpaired) electrons. The molecule has 0 spiro atoms. The quantitative estimate of drug-likeness (QED) is 0.531. The van der Waals surface area contributed by atoms with E-state index in [0.717, 1.165) is 27.8 Å². The number of rotatable bonds is 4. The van der Waals surface area contributed by atoms with Crippen molar-refractivity contribution in [2.24, 2.45) is 0 Å². The predicted molar refractivity (Wildman–Crippen MR) is 113 cm³/mol. The van der Waals surface area contributed by atoms with Gasteiger partial charge in [0.05, 0.1) is 18.2 Å². The Morgan fingerprint density at radius 3 is 2.62 bits per heavy atom. The summed E-state index contributed by atoms with van der Waals surface area (Å²) in [7, 11) is 3.28. The lowest BCUT2D eigenvalue weighted by atomic mass is 9.89. The Balaban J connectivity index is 0.00000117. The predicted octanol–water partition coefficient (Wildman–Crippen LogP) is 4.56. The molecule has 0 aliphatic rings.